The number of amides is 1. The topological polar surface area (TPSA) is 121 Å². The van der Waals surface area contributed by atoms with E-state index in [1.165, 1.54) is 41.9 Å². The Kier molecular flexibility index (Phi) is 7.41. The Balaban J connectivity index is 1.48. The van der Waals surface area contributed by atoms with Crippen LogP contribution in [0.5, 0.6) is 0 Å². The number of rotatable bonds is 8. The number of hydrogen-bond acceptors (Lipinski definition) is 11. The number of carbonyl (C=O) groups excluding carboxylic acids is 1. The minimum atomic E-state index is -0.447. The molecule has 11 nitrogen and oxygen atoms in total. The maximum atomic E-state index is 13.5. The van der Waals surface area contributed by atoms with E-state index in [0.29, 0.717) is 58.8 Å². The second kappa shape index (κ2) is 10.9. The number of anilines is 3. The second-order valence-electron chi connectivity index (χ2n) is 8.57. The minimum absolute atomic E-state index is 0.213. The van der Waals surface area contributed by atoms with Gasteiger partial charge in [-0.05, 0) is 24.3 Å². The van der Waals surface area contributed by atoms with Gasteiger partial charge in [0.05, 0.1) is 18.8 Å². The molecule has 1 amide bonds. The zero-order chi connectivity index (χ0) is 26.8. The summed E-state index contributed by atoms with van der Waals surface area (Å²) < 4.78 is 25.9. The molecule has 1 unspecified atom stereocenters. The number of nitriles is 1. The fourth-order valence-electron chi connectivity index (χ4n) is 4.23. The lowest BCUT2D eigenvalue weighted by Gasteiger charge is -2.17. The zero-order valence-electron chi connectivity index (χ0n) is 21.0. The van der Waals surface area contributed by atoms with Crippen LogP contribution in [0.25, 0.3) is 16.2 Å². The summed E-state index contributed by atoms with van der Waals surface area (Å²) in [5.74, 6) is 0.369. The molecule has 1 aliphatic rings. The molecule has 198 valence electrons. The molecule has 3 aromatic heterocycles. The van der Waals surface area contributed by atoms with Gasteiger partial charge in [0.15, 0.2) is 10.9 Å². The number of fused-ring (bicyclic) bond motifs is 1. The molecule has 0 bridgehead atoms. The van der Waals surface area contributed by atoms with Crippen LogP contribution >= 0.6 is 22.7 Å². The largest absolute Gasteiger partial charge is 0.444 e. The van der Waals surface area contributed by atoms with Gasteiger partial charge in [-0.3, -0.25) is 0 Å². The van der Waals surface area contributed by atoms with E-state index < -0.39 is 6.09 Å². The Morgan fingerprint density at radius 2 is 2.11 bits per heavy atom. The highest BCUT2D eigenvalue weighted by molar-refractivity contribution is 7.20. The van der Waals surface area contributed by atoms with Crippen LogP contribution in [0.1, 0.15) is 17.0 Å². The van der Waals surface area contributed by atoms with Gasteiger partial charge in [-0.2, -0.15) is 9.78 Å². The molecule has 1 aliphatic heterocycles. The first-order chi connectivity index (χ1) is 18.4. The Bertz CT molecular complexity index is 1490. The average Bonchev–Trinajstić information content (AvgIpc) is 3.70. The lowest BCUT2D eigenvalue weighted by atomic mass is 10.1. The molecule has 14 heteroatoms. The molecule has 1 atom stereocenters. The number of nitrogens with zero attached hydrogens (tertiary/aromatic N) is 7. The van der Waals surface area contributed by atoms with Crippen LogP contribution in [0.4, 0.5) is 25.3 Å². The normalized spacial score (nSPS) is 15.1. The lowest BCUT2D eigenvalue weighted by molar-refractivity contribution is 0.110. The summed E-state index contributed by atoms with van der Waals surface area (Å²) in [6, 6.07) is 8.13. The van der Waals surface area contributed by atoms with Crippen LogP contribution < -0.4 is 15.1 Å². The number of benzene rings is 1. The van der Waals surface area contributed by atoms with Gasteiger partial charge in [0.2, 0.25) is 10.1 Å². The van der Waals surface area contributed by atoms with Gasteiger partial charge in [0.25, 0.3) is 0 Å². The number of thiazole rings is 1. The van der Waals surface area contributed by atoms with Crippen molar-refractivity contribution in [3.8, 4) is 17.3 Å². The summed E-state index contributed by atoms with van der Waals surface area (Å²) >= 11 is 2.70. The van der Waals surface area contributed by atoms with Gasteiger partial charge >= 0.3 is 6.09 Å². The summed E-state index contributed by atoms with van der Waals surface area (Å²) in [5.41, 5.74) is 1.95. The molecule has 1 saturated heterocycles. The van der Waals surface area contributed by atoms with E-state index >= 15 is 0 Å². The predicted molar refractivity (Wildman–Crippen MR) is 143 cm³/mol. The molecular formula is C24H25FN8O3S2. The molecule has 0 saturated carbocycles. The van der Waals surface area contributed by atoms with Crippen LogP contribution in [0.3, 0.4) is 0 Å². The number of hydrogen-bond donors (Lipinski definition) is 1. The number of nitrogens with one attached hydrogen (secondary N) is 1. The minimum Gasteiger partial charge on any atom is -0.444 e. The highest BCUT2D eigenvalue weighted by Gasteiger charge is 2.30. The maximum Gasteiger partial charge on any atom is 0.407 e. The SMILES string of the molecule is CNC(=O)OC1CCN(c2nn3c(N(C)c4nc(-c5ccc(F)cc5)c(C#N)s4)c(CCOC)nc3s2)C1. The van der Waals surface area contributed by atoms with Crippen molar-refractivity contribution in [2.24, 2.45) is 0 Å². The number of methoxy groups -OCH3 is 1. The number of alkyl carbamates (subject to hydrolysis) is 1. The van der Waals surface area contributed by atoms with Gasteiger partial charge in [0, 0.05) is 46.2 Å². The fraction of sp³-hybridized carbons (Fsp3) is 0.375. The van der Waals surface area contributed by atoms with Crippen molar-refractivity contribution in [3.05, 3.63) is 40.7 Å². The first-order valence-electron chi connectivity index (χ1n) is 11.8. The van der Waals surface area contributed by atoms with E-state index in [2.05, 4.69) is 16.3 Å². The van der Waals surface area contributed by atoms with Crippen LogP contribution in [0, 0.1) is 17.1 Å². The molecule has 0 radical (unpaired) electrons. The summed E-state index contributed by atoms with van der Waals surface area (Å²) in [5, 5.41) is 18.4. The Labute approximate surface area is 226 Å². The highest BCUT2D eigenvalue weighted by atomic mass is 32.1. The molecule has 1 fully saturated rings. The van der Waals surface area contributed by atoms with Gasteiger partial charge in [-0.15, -0.1) is 5.10 Å². The Morgan fingerprint density at radius 1 is 1.32 bits per heavy atom. The van der Waals surface area contributed by atoms with Crippen molar-refractivity contribution in [1.82, 2.24) is 24.9 Å². The summed E-state index contributed by atoms with van der Waals surface area (Å²) in [6.45, 7) is 1.73. The number of halogens is 1. The molecule has 5 rings (SSSR count). The first kappa shape index (κ1) is 25.8. The van der Waals surface area contributed by atoms with E-state index in [4.69, 9.17) is 24.5 Å². The zero-order valence-corrected chi connectivity index (χ0v) is 22.6. The van der Waals surface area contributed by atoms with Crippen molar-refractivity contribution in [3.63, 3.8) is 0 Å². The quantitative estimate of drug-likeness (QED) is 0.345. The van der Waals surface area contributed by atoms with Crippen molar-refractivity contribution in [2.45, 2.75) is 18.9 Å². The van der Waals surface area contributed by atoms with Gasteiger partial charge < -0.3 is 24.6 Å². The molecule has 4 heterocycles. The van der Waals surface area contributed by atoms with Crippen LogP contribution in [-0.4, -0.2) is 72.7 Å². The third-order valence-electron chi connectivity index (χ3n) is 6.11. The third-order valence-corrected chi connectivity index (χ3v) is 8.12. The second-order valence-corrected chi connectivity index (χ2v) is 10.5. The van der Waals surface area contributed by atoms with E-state index in [0.717, 1.165) is 16.6 Å². The monoisotopic (exact) mass is 556 g/mol. The predicted octanol–water partition coefficient (Wildman–Crippen LogP) is 3.82. The smallest absolute Gasteiger partial charge is 0.407 e. The summed E-state index contributed by atoms with van der Waals surface area (Å²) in [6.07, 6.45) is 0.616. The van der Waals surface area contributed by atoms with Gasteiger partial charge in [-0.25, -0.2) is 19.2 Å². The lowest BCUT2D eigenvalue weighted by Crippen LogP contribution is -2.28. The fourth-order valence-corrected chi connectivity index (χ4v) is 6.03. The third kappa shape index (κ3) is 5.00. The van der Waals surface area contributed by atoms with Crippen LogP contribution in [0.15, 0.2) is 24.3 Å². The molecule has 4 aromatic rings. The Morgan fingerprint density at radius 3 is 2.82 bits per heavy atom. The van der Waals surface area contributed by atoms with E-state index in [9.17, 15) is 14.4 Å². The van der Waals surface area contributed by atoms with Gasteiger partial charge in [-0.1, -0.05) is 22.7 Å². The molecule has 38 heavy (non-hydrogen) atoms. The van der Waals surface area contributed by atoms with E-state index in [1.807, 2.05) is 11.9 Å². The van der Waals surface area contributed by atoms with E-state index in [-0.39, 0.29) is 11.9 Å². The summed E-state index contributed by atoms with van der Waals surface area (Å²) in [4.78, 5) is 26.3. The van der Waals surface area contributed by atoms with Crippen LogP contribution in [-0.2, 0) is 15.9 Å². The number of imidazole rings is 1. The summed E-state index contributed by atoms with van der Waals surface area (Å²) in [7, 11) is 5.03. The molecule has 1 aromatic carbocycles. The van der Waals surface area contributed by atoms with Crippen LogP contribution in [0.2, 0.25) is 0 Å². The molecule has 0 spiro atoms. The van der Waals surface area contributed by atoms with Crippen molar-refractivity contribution >= 4 is 49.8 Å². The number of aromatic nitrogens is 4. The van der Waals surface area contributed by atoms with Crippen molar-refractivity contribution in [2.75, 3.05) is 50.7 Å². The molecular weight excluding hydrogens is 531 g/mol. The average molecular weight is 557 g/mol. The Hall–Kier alpha value is -3.80. The standard InChI is InChI=1S/C24H25FN8O3S2/c1-27-24(34)36-16-8-10-32(13-16)23-30-33-20(17(9-11-35-3)28-22(33)38-23)31(2)21-29-19(18(12-26)37-21)14-4-6-15(25)7-5-14/h4-7,16H,8-11,13H2,1-3H3,(H,27,34). The molecule has 1 N–H and O–H groups in total. The van der Waals surface area contributed by atoms with Gasteiger partial charge in [0.1, 0.15) is 28.6 Å². The number of ether oxygens (including phenoxy) is 2. The van der Waals surface area contributed by atoms with Crippen molar-refractivity contribution in [1.29, 1.82) is 5.26 Å². The maximum absolute atomic E-state index is 13.5. The number of carbonyl (C=O) groups is 1. The van der Waals surface area contributed by atoms with Crippen molar-refractivity contribution < 1.29 is 18.7 Å². The highest BCUT2D eigenvalue weighted by Crippen LogP contribution is 2.38. The molecule has 0 aliphatic carbocycles. The van der Waals surface area contributed by atoms with E-state index in [1.54, 1.807) is 23.8 Å². The first-order valence-corrected chi connectivity index (χ1v) is 13.5.